The van der Waals surface area contributed by atoms with Crippen LogP contribution in [0.25, 0.3) is 22.2 Å². The molecule has 0 amide bonds. The Bertz CT molecular complexity index is 1170. The molecule has 0 N–H and O–H groups in total. The van der Waals surface area contributed by atoms with Crippen molar-refractivity contribution < 1.29 is 31.8 Å². The minimum Gasteiger partial charge on any atom is -0.474 e. The Labute approximate surface area is 187 Å². The first-order chi connectivity index (χ1) is 15.7. The van der Waals surface area contributed by atoms with Gasteiger partial charge in [0.1, 0.15) is 11.9 Å². The van der Waals surface area contributed by atoms with E-state index in [1.807, 2.05) is 6.92 Å². The van der Waals surface area contributed by atoms with Gasteiger partial charge in [-0.15, -0.1) is 13.2 Å². The minimum absolute atomic E-state index is 0.0495. The van der Waals surface area contributed by atoms with Crippen LogP contribution in [0.15, 0.2) is 42.6 Å². The van der Waals surface area contributed by atoms with E-state index in [9.17, 15) is 22.4 Å². The molecule has 2 aromatic heterocycles. The second kappa shape index (κ2) is 9.33. The Kier molecular flexibility index (Phi) is 6.49. The summed E-state index contributed by atoms with van der Waals surface area (Å²) in [6.45, 7) is 1.89. The van der Waals surface area contributed by atoms with Gasteiger partial charge >= 0.3 is 6.36 Å². The number of alkyl halides is 3. The van der Waals surface area contributed by atoms with Gasteiger partial charge in [0.25, 0.3) is 0 Å². The molecule has 5 nitrogen and oxygen atoms in total. The number of rotatable bonds is 5. The fourth-order valence-electron chi connectivity index (χ4n) is 4.05. The highest BCUT2D eigenvalue weighted by Gasteiger charge is 2.32. The average Bonchev–Trinajstić information content (AvgIpc) is 2.98. The summed E-state index contributed by atoms with van der Waals surface area (Å²) in [6.07, 6.45) is 0.0283. The molecule has 33 heavy (non-hydrogen) atoms. The molecule has 1 aliphatic rings. The molecular formula is C24H22F4N2O3. The van der Waals surface area contributed by atoms with Crippen molar-refractivity contribution >= 4 is 16.7 Å². The quantitative estimate of drug-likeness (QED) is 0.331. The van der Waals surface area contributed by atoms with E-state index in [1.165, 1.54) is 6.07 Å². The number of fused-ring (bicyclic) bond motifs is 1. The topological polar surface area (TPSA) is 61.3 Å². The number of nitrogens with zero attached hydrogens (tertiary/aromatic N) is 2. The van der Waals surface area contributed by atoms with E-state index in [-0.39, 0.29) is 34.9 Å². The Morgan fingerprint density at radius 3 is 2.73 bits per heavy atom. The Hall–Kier alpha value is -3.23. The van der Waals surface area contributed by atoms with Gasteiger partial charge in [-0.25, -0.2) is 9.37 Å². The lowest BCUT2D eigenvalue weighted by Crippen LogP contribution is -2.25. The average molecular weight is 462 g/mol. The number of Topliss-reactive ketones (excluding diaryl/α,β-unsaturated/α-hetero) is 1. The van der Waals surface area contributed by atoms with Gasteiger partial charge in [-0.05, 0) is 56.2 Å². The summed E-state index contributed by atoms with van der Waals surface area (Å²) in [5.41, 5.74) is 1.08. The van der Waals surface area contributed by atoms with Crippen LogP contribution in [0.3, 0.4) is 0 Å². The number of carbonyl (C=O) groups excluding carboxylic acids is 1. The molecule has 2 heterocycles. The molecule has 0 bridgehead atoms. The van der Waals surface area contributed by atoms with E-state index in [2.05, 4.69) is 14.7 Å². The maximum atomic E-state index is 14.3. The van der Waals surface area contributed by atoms with Crippen LogP contribution in [-0.2, 0) is 4.79 Å². The van der Waals surface area contributed by atoms with Gasteiger partial charge in [0.2, 0.25) is 5.88 Å². The summed E-state index contributed by atoms with van der Waals surface area (Å²) in [5.74, 6) is -1.55. The lowest BCUT2D eigenvalue weighted by atomic mass is 9.94. The van der Waals surface area contributed by atoms with Crippen molar-refractivity contribution in [1.82, 2.24) is 9.97 Å². The molecule has 2 atom stereocenters. The first-order valence-corrected chi connectivity index (χ1v) is 10.7. The highest BCUT2D eigenvalue weighted by molar-refractivity contribution is 5.87. The molecule has 0 aliphatic heterocycles. The summed E-state index contributed by atoms with van der Waals surface area (Å²) < 4.78 is 61.5. The molecule has 9 heteroatoms. The monoisotopic (exact) mass is 462 g/mol. The number of hydrogen-bond donors (Lipinski definition) is 0. The molecule has 0 unspecified atom stereocenters. The normalized spacial score (nSPS) is 18.1. The number of aromatic nitrogens is 2. The number of carbonyl (C=O) groups is 1. The molecule has 174 valence electrons. The van der Waals surface area contributed by atoms with E-state index in [4.69, 9.17) is 4.74 Å². The first kappa shape index (κ1) is 22.9. The predicted octanol–water partition coefficient (Wildman–Crippen LogP) is 6.25. The maximum Gasteiger partial charge on any atom is 0.573 e. The van der Waals surface area contributed by atoms with Gasteiger partial charge in [0.05, 0.1) is 16.6 Å². The number of benzene rings is 1. The molecule has 1 saturated carbocycles. The van der Waals surface area contributed by atoms with E-state index >= 15 is 0 Å². The highest BCUT2D eigenvalue weighted by Crippen LogP contribution is 2.34. The summed E-state index contributed by atoms with van der Waals surface area (Å²) >= 11 is 0. The van der Waals surface area contributed by atoms with Gasteiger partial charge < -0.3 is 9.47 Å². The van der Waals surface area contributed by atoms with Crippen LogP contribution < -0.4 is 9.47 Å². The Morgan fingerprint density at radius 1 is 1.15 bits per heavy atom. The molecule has 0 spiro atoms. The van der Waals surface area contributed by atoms with Crippen LogP contribution in [0.2, 0.25) is 0 Å². The van der Waals surface area contributed by atoms with Crippen LogP contribution in [0.1, 0.15) is 39.0 Å². The zero-order chi connectivity index (χ0) is 23.6. The van der Waals surface area contributed by atoms with Crippen molar-refractivity contribution in [2.75, 3.05) is 0 Å². The van der Waals surface area contributed by atoms with Gasteiger partial charge in [-0.1, -0.05) is 6.42 Å². The van der Waals surface area contributed by atoms with Crippen molar-refractivity contribution in [3.05, 3.63) is 48.4 Å². The molecule has 3 aromatic rings. The minimum atomic E-state index is -5.00. The van der Waals surface area contributed by atoms with Crippen molar-refractivity contribution in [1.29, 1.82) is 0 Å². The number of hydrogen-bond acceptors (Lipinski definition) is 5. The van der Waals surface area contributed by atoms with Gasteiger partial charge in [0, 0.05) is 30.5 Å². The molecule has 1 aromatic carbocycles. The molecule has 4 rings (SSSR count). The van der Waals surface area contributed by atoms with Gasteiger partial charge in [-0.3, -0.25) is 9.78 Å². The van der Waals surface area contributed by atoms with Crippen molar-refractivity contribution in [3.63, 3.8) is 0 Å². The molecule has 1 fully saturated rings. The van der Waals surface area contributed by atoms with Crippen molar-refractivity contribution in [2.24, 2.45) is 5.92 Å². The highest BCUT2D eigenvalue weighted by atomic mass is 19.4. The summed E-state index contributed by atoms with van der Waals surface area (Å²) in [5, 5.41) is 0.644. The predicted molar refractivity (Wildman–Crippen MR) is 113 cm³/mol. The fourth-order valence-corrected chi connectivity index (χ4v) is 4.05. The number of pyridine rings is 2. The second-order valence-electron chi connectivity index (χ2n) is 8.15. The Morgan fingerprint density at radius 2 is 1.97 bits per heavy atom. The summed E-state index contributed by atoms with van der Waals surface area (Å²) in [6, 6.07) is 8.26. The third kappa shape index (κ3) is 5.58. The summed E-state index contributed by atoms with van der Waals surface area (Å²) in [7, 11) is 0. The lowest BCUT2D eigenvalue weighted by molar-refractivity contribution is -0.275. The first-order valence-electron chi connectivity index (χ1n) is 10.7. The van der Waals surface area contributed by atoms with E-state index < -0.39 is 17.9 Å². The molecule has 0 radical (unpaired) electrons. The van der Waals surface area contributed by atoms with E-state index in [0.717, 1.165) is 31.4 Å². The summed E-state index contributed by atoms with van der Waals surface area (Å²) in [4.78, 5) is 20.9. The number of ketones is 1. The van der Waals surface area contributed by atoms with Crippen molar-refractivity contribution in [2.45, 2.75) is 51.5 Å². The third-order valence-corrected chi connectivity index (χ3v) is 5.75. The smallest absolute Gasteiger partial charge is 0.474 e. The lowest BCUT2D eigenvalue weighted by Gasteiger charge is -2.23. The van der Waals surface area contributed by atoms with Crippen molar-refractivity contribution in [3.8, 4) is 22.9 Å². The fraction of sp³-hybridized carbons (Fsp3) is 0.375. The largest absolute Gasteiger partial charge is 0.573 e. The van der Waals surface area contributed by atoms with Crippen LogP contribution in [0.4, 0.5) is 17.6 Å². The third-order valence-electron chi connectivity index (χ3n) is 5.75. The van der Waals surface area contributed by atoms with Gasteiger partial charge in [-0.2, -0.15) is 0 Å². The number of ether oxygens (including phenoxy) is 2. The standard InChI is InChI=1S/C24H22F4N2O3/c1-14(15-5-2-3-6-17(31)11-15)32-23-18-7-4-10-29-21(18)13-20(30-23)16-8-9-22(19(25)12-16)33-24(26,27)28/h4,7-10,12-15H,2-3,5-6,11H2,1H3/t14-,15+/m1/s1. The molecule has 1 aliphatic carbocycles. The van der Waals surface area contributed by atoms with Crippen LogP contribution in [0.5, 0.6) is 11.6 Å². The SMILES string of the molecule is C[C@@H](Oc1nc(-c2ccc(OC(F)(F)F)c(F)c2)cc2ncccc12)[C@H]1CCCCC(=O)C1. The van der Waals surface area contributed by atoms with Crippen LogP contribution in [-0.4, -0.2) is 28.2 Å². The second-order valence-corrected chi connectivity index (χ2v) is 8.15. The maximum absolute atomic E-state index is 14.3. The molecule has 0 saturated heterocycles. The van der Waals surface area contributed by atoms with Gasteiger partial charge in [0.15, 0.2) is 11.6 Å². The van der Waals surface area contributed by atoms with E-state index in [1.54, 1.807) is 24.4 Å². The zero-order valence-corrected chi connectivity index (χ0v) is 17.9. The zero-order valence-electron chi connectivity index (χ0n) is 17.9. The van der Waals surface area contributed by atoms with Crippen LogP contribution >= 0.6 is 0 Å². The number of halogens is 4. The Balaban J connectivity index is 1.67. The van der Waals surface area contributed by atoms with E-state index in [0.29, 0.717) is 23.7 Å². The van der Waals surface area contributed by atoms with Crippen LogP contribution in [0, 0.1) is 11.7 Å². The molecular weight excluding hydrogens is 440 g/mol.